The fraction of sp³-hybridized carbons (Fsp3) is 0.273. The molecule has 0 radical (unpaired) electrons. The highest BCUT2D eigenvalue weighted by Crippen LogP contribution is 2.11. The smallest absolute Gasteiger partial charge is 0.166 e. The standard InChI is InChI=1S/C11H13BrN4/c1-8(13)11-14-7-16(15-11)6-9-2-4-10(12)5-3-9/h2-5,7-8H,6,13H2,1H3. The number of benzene rings is 1. The average molecular weight is 281 g/mol. The molecule has 0 aliphatic heterocycles. The molecular weight excluding hydrogens is 268 g/mol. The number of nitrogens with zero attached hydrogens (tertiary/aromatic N) is 3. The van der Waals surface area contributed by atoms with Gasteiger partial charge < -0.3 is 5.73 Å². The van der Waals surface area contributed by atoms with Crippen LogP contribution in [0.4, 0.5) is 0 Å². The number of rotatable bonds is 3. The van der Waals surface area contributed by atoms with Crippen LogP contribution in [0, 0.1) is 0 Å². The Morgan fingerprint density at radius 3 is 2.62 bits per heavy atom. The van der Waals surface area contributed by atoms with E-state index in [2.05, 4.69) is 38.1 Å². The third-order valence-corrected chi connectivity index (χ3v) is 2.75. The summed E-state index contributed by atoms with van der Waals surface area (Å²) >= 11 is 3.40. The van der Waals surface area contributed by atoms with Crippen LogP contribution in [0.5, 0.6) is 0 Å². The Morgan fingerprint density at radius 1 is 1.38 bits per heavy atom. The molecule has 2 rings (SSSR count). The van der Waals surface area contributed by atoms with Crippen LogP contribution in [0.15, 0.2) is 35.1 Å². The summed E-state index contributed by atoms with van der Waals surface area (Å²) in [6.45, 7) is 2.59. The van der Waals surface area contributed by atoms with Gasteiger partial charge >= 0.3 is 0 Å². The van der Waals surface area contributed by atoms with Crippen molar-refractivity contribution in [3.8, 4) is 0 Å². The summed E-state index contributed by atoms with van der Waals surface area (Å²) < 4.78 is 2.87. The Labute approximate surface area is 103 Å². The maximum absolute atomic E-state index is 5.70. The summed E-state index contributed by atoms with van der Waals surface area (Å²) in [7, 11) is 0. The minimum Gasteiger partial charge on any atom is -0.321 e. The molecule has 0 aliphatic carbocycles. The molecule has 0 spiro atoms. The molecule has 1 aromatic heterocycles. The van der Waals surface area contributed by atoms with Crippen LogP contribution in [-0.4, -0.2) is 14.8 Å². The van der Waals surface area contributed by atoms with Crippen LogP contribution in [0.3, 0.4) is 0 Å². The maximum Gasteiger partial charge on any atom is 0.166 e. The van der Waals surface area contributed by atoms with Crippen molar-refractivity contribution in [1.29, 1.82) is 0 Å². The quantitative estimate of drug-likeness (QED) is 0.937. The Morgan fingerprint density at radius 2 is 2.06 bits per heavy atom. The summed E-state index contributed by atoms with van der Waals surface area (Å²) in [5.74, 6) is 0.678. The van der Waals surface area contributed by atoms with E-state index in [9.17, 15) is 0 Å². The van der Waals surface area contributed by atoms with Gasteiger partial charge in [0.2, 0.25) is 0 Å². The molecule has 2 N–H and O–H groups in total. The summed E-state index contributed by atoms with van der Waals surface area (Å²) in [5, 5.41) is 4.30. The zero-order chi connectivity index (χ0) is 11.5. The molecule has 0 saturated carbocycles. The lowest BCUT2D eigenvalue weighted by molar-refractivity contribution is 0.649. The van der Waals surface area contributed by atoms with Crippen LogP contribution in [-0.2, 0) is 6.54 Å². The molecule has 1 atom stereocenters. The van der Waals surface area contributed by atoms with Gasteiger partial charge in [0.15, 0.2) is 5.82 Å². The molecule has 4 nitrogen and oxygen atoms in total. The normalized spacial score (nSPS) is 12.7. The van der Waals surface area contributed by atoms with Crippen molar-refractivity contribution in [3.63, 3.8) is 0 Å². The maximum atomic E-state index is 5.70. The van der Waals surface area contributed by atoms with E-state index >= 15 is 0 Å². The summed E-state index contributed by atoms with van der Waals surface area (Å²) in [6, 6.07) is 8.01. The fourth-order valence-electron chi connectivity index (χ4n) is 1.37. The van der Waals surface area contributed by atoms with Gasteiger partial charge in [-0.05, 0) is 24.6 Å². The molecule has 0 amide bonds. The lowest BCUT2D eigenvalue weighted by Crippen LogP contribution is -2.08. The van der Waals surface area contributed by atoms with Gasteiger partial charge in [-0.2, -0.15) is 5.10 Å². The highest BCUT2D eigenvalue weighted by atomic mass is 79.9. The lowest BCUT2D eigenvalue weighted by Gasteiger charge is -2.01. The van der Waals surface area contributed by atoms with Gasteiger partial charge in [0.25, 0.3) is 0 Å². The molecule has 1 heterocycles. The third-order valence-electron chi connectivity index (χ3n) is 2.22. The fourth-order valence-corrected chi connectivity index (χ4v) is 1.64. The predicted octanol–water partition coefficient (Wildman–Crippen LogP) is 2.11. The Kier molecular flexibility index (Phi) is 3.36. The van der Waals surface area contributed by atoms with E-state index in [0.717, 1.165) is 4.47 Å². The molecule has 0 fully saturated rings. The van der Waals surface area contributed by atoms with Gasteiger partial charge in [-0.1, -0.05) is 28.1 Å². The van der Waals surface area contributed by atoms with Crippen molar-refractivity contribution in [3.05, 3.63) is 46.5 Å². The first kappa shape index (κ1) is 11.3. The number of hydrogen-bond donors (Lipinski definition) is 1. The number of aromatic nitrogens is 3. The van der Waals surface area contributed by atoms with E-state index in [1.54, 1.807) is 11.0 Å². The predicted molar refractivity (Wildman–Crippen MR) is 65.9 cm³/mol. The second-order valence-electron chi connectivity index (χ2n) is 3.72. The van der Waals surface area contributed by atoms with Crippen molar-refractivity contribution in [2.24, 2.45) is 5.73 Å². The molecule has 0 aliphatic rings. The number of hydrogen-bond acceptors (Lipinski definition) is 3. The lowest BCUT2D eigenvalue weighted by atomic mass is 10.2. The first-order chi connectivity index (χ1) is 7.65. The van der Waals surface area contributed by atoms with E-state index in [0.29, 0.717) is 12.4 Å². The van der Waals surface area contributed by atoms with E-state index < -0.39 is 0 Å². The van der Waals surface area contributed by atoms with Gasteiger partial charge in [0.1, 0.15) is 6.33 Å². The number of halogens is 1. The molecule has 16 heavy (non-hydrogen) atoms. The van der Waals surface area contributed by atoms with Crippen molar-refractivity contribution >= 4 is 15.9 Å². The van der Waals surface area contributed by atoms with Gasteiger partial charge in [0.05, 0.1) is 12.6 Å². The van der Waals surface area contributed by atoms with Gasteiger partial charge in [-0.3, -0.25) is 0 Å². The monoisotopic (exact) mass is 280 g/mol. The summed E-state index contributed by atoms with van der Waals surface area (Å²) in [4.78, 5) is 4.15. The van der Waals surface area contributed by atoms with Crippen molar-refractivity contribution < 1.29 is 0 Å². The van der Waals surface area contributed by atoms with Crippen molar-refractivity contribution in [2.45, 2.75) is 19.5 Å². The van der Waals surface area contributed by atoms with Gasteiger partial charge in [0, 0.05) is 4.47 Å². The van der Waals surface area contributed by atoms with Crippen LogP contribution >= 0.6 is 15.9 Å². The number of nitrogens with two attached hydrogens (primary N) is 1. The van der Waals surface area contributed by atoms with Crippen molar-refractivity contribution in [2.75, 3.05) is 0 Å². The van der Waals surface area contributed by atoms with E-state index in [4.69, 9.17) is 5.73 Å². The first-order valence-corrected chi connectivity index (χ1v) is 5.84. The molecule has 2 aromatic rings. The Bertz CT molecular complexity index is 461. The first-order valence-electron chi connectivity index (χ1n) is 5.04. The molecule has 5 heteroatoms. The van der Waals surface area contributed by atoms with Crippen LogP contribution < -0.4 is 5.73 Å². The summed E-state index contributed by atoms with van der Waals surface area (Å²) in [6.07, 6.45) is 1.71. The van der Waals surface area contributed by atoms with E-state index in [1.807, 2.05) is 19.1 Å². The largest absolute Gasteiger partial charge is 0.321 e. The minimum absolute atomic E-state index is 0.119. The minimum atomic E-state index is -0.119. The molecule has 1 aromatic carbocycles. The topological polar surface area (TPSA) is 56.7 Å². The van der Waals surface area contributed by atoms with E-state index in [1.165, 1.54) is 5.56 Å². The molecule has 84 valence electrons. The van der Waals surface area contributed by atoms with Crippen LogP contribution in [0.2, 0.25) is 0 Å². The summed E-state index contributed by atoms with van der Waals surface area (Å²) in [5.41, 5.74) is 6.88. The Hall–Kier alpha value is -1.20. The molecule has 1 unspecified atom stereocenters. The zero-order valence-corrected chi connectivity index (χ0v) is 10.6. The second-order valence-corrected chi connectivity index (χ2v) is 4.63. The molecule has 0 saturated heterocycles. The Balaban J connectivity index is 2.11. The zero-order valence-electron chi connectivity index (χ0n) is 8.97. The third kappa shape index (κ3) is 2.68. The van der Waals surface area contributed by atoms with Gasteiger partial charge in [-0.15, -0.1) is 0 Å². The molecule has 0 bridgehead atoms. The second kappa shape index (κ2) is 4.76. The van der Waals surface area contributed by atoms with Crippen LogP contribution in [0.1, 0.15) is 24.4 Å². The average Bonchev–Trinajstić information content (AvgIpc) is 2.70. The SMILES string of the molecule is CC(N)c1ncn(Cc2ccc(Br)cc2)n1. The van der Waals surface area contributed by atoms with Crippen LogP contribution in [0.25, 0.3) is 0 Å². The van der Waals surface area contributed by atoms with Gasteiger partial charge in [-0.25, -0.2) is 9.67 Å². The molecular formula is C11H13BrN4. The highest BCUT2D eigenvalue weighted by Gasteiger charge is 2.05. The van der Waals surface area contributed by atoms with E-state index in [-0.39, 0.29) is 6.04 Å². The highest BCUT2D eigenvalue weighted by molar-refractivity contribution is 9.10. The van der Waals surface area contributed by atoms with Crippen molar-refractivity contribution in [1.82, 2.24) is 14.8 Å².